The van der Waals surface area contributed by atoms with E-state index in [4.69, 9.17) is 9.47 Å². The van der Waals surface area contributed by atoms with E-state index in [1.807, 2.05) is 60.7 Å². The highest BCUT2D eigenvalue weighted by Crippen LogP contribution is 2.26. The Morgan fingerprint density at radius 1 is 0.966 bits per heavy atom. The normalized spacial score (nSPS) is 12.0. The molecule has 0 bridgehead atoms. The van der Waals surface area contributed by atoms with Gasteiger partial charge in [-0.25, -0.2) is 14.4 Å². The topological polar surface area (TPSA) is 90.9 Å². The summed E-state index contributed by atoms with van der Waals surface area (Å²) in [6.07, 6.45) is -1.53. The highest BCUT2D eigenvalue weighted by Gasteiger charge is 2.29. The van der Waals surface area contributed by atoms with Gasteiger partial charge < -0.3 is 19.5 Å². The Bertz CT molecular complexity index is 762. The number of amides is 1. The van der Waals surface area contributed by atoms with Gasteiger partial charge >= 0.3 is 18.5 Å². The SMILES string of the molecule is CC(C)(C)OC(=O)NC(CO[C]=O)C(=O)OC(c1ccccc1)c1ccccc1. The summed E-state index contributed by atoms with van der Waals surface area (Å²) in [5.74, 6) is -0.774. The first-order chi connectivity index (χ1) is 13.8. The molecule has 0 aromatic heterocycles. The molecule has 2 aromatic carbocycles. The summed E-state index contributed by atoms with van der Waals surface area (Å²) < 4.78 is 15.4. The zero-order chi connectivity index (χ0) is 21.3. The number of carbonyl (C=O) groups excluding carboxylic acids is 3. The van der Waals surface area contributed by atoms with Gasteiger partial charge in [-0.2, -0.15) is 0 Å². The van der Waals surface area contributed by atoms with Crippen LogP contribution in [0.1, 0.15) is 38.0 Å². The van der Waals surface area contributed by atoms with E-state index in [9.17, 15) is 14.4 Å². The van der Waals surface area contributed by atoms with Crippen LogP contribution in [0.5, 0.6) is 0 Å². The summed E-state index contributed by atoms with van der Waals surface area (Å²) in [6.45, 7) is 5.88. The lowest BCUT2D eigenvalue weighted by atomic mass is 10.0. The molecule has 0 saturated carbocycles. The van der Waals surface area contributed by atoms with E-state index in [1.165, 1.54) is 6.47 Å². The van der Waals surface area contributed by atoms with E-state index < -0.39 is 36.4 Å². The third-order valence-corrected chi connectivity index (χ3v) is 3.72. The van der Waals surface area contributed by atoms with Crippen molar-refractivity contribution in [2.45, 2.75) is 38.5 Å². The standard InChI is InChI=1S/C22H24NO6/c1-22(2,3)29-21(26)23-18(14-27-15-24)20(25)28-19(16-10-6-4-7-11-16)17-12-8-5-9-13-17/h4-13,18-19H,14H2,1-3H3,(H,23,26). The highest BCUT2D eigenvalue weighted by molar-refractivity contribution is 5.82. The maximum atomic E-state index is 12.8. The average Bonchev–Trinajstić information content (AvgIpc) is 2.69. The molecule has 0 aliphatic carbocycles. The molecule has 1 atom stereocenters. The number of esters is 1. The lowest BCUT2D eigenvalue weighted by Gasteiger charge is -2.24. The minimum Gasteiger partial charge on any atom is -0.454 e. The van der Waals surface area contributed by atoms with Gasteiger partial charge in [0.15, 0.2) is 12.1 Å². The number of rotatable bonds is 8. The van der Waals surface area contributed by atoms with Gasteiger partial charge in [0.25, 0.3) is 0 Å². The van der Waals surface area contributed by atoms with E-state index in [0.29, 0.717) is 0 Å². The molecule has 2 rings (SSSR count). The second-order valence-electron chi connectivity index (χ2n) is 7.23. The number of ether oxygens (including phenoxy) is 3. The first kappa shape index (κ1) is 21.9. The Morgan fingerprint density at radius 2 is 1.48 bits per heavy atom. The molecule has 1 unspecified atom stereocenters. The van der Waals surface area contributed by atoms with Crippen LogP contribution < -0.4 is 5.32 Å². The Morgan fingerprint density at radius 3 is 1.93 bits per heavy atom. The van der Waals surface area contributed by atoms with Gasteiger partial charge in [-0.1, -0.05) is 60.7 Å². The van der Waals surface area contributed by atoms with Crippen molar-refractivity contribution in [3.8, 4) is 0 Å². The van der Waals surface area contributed by atoms with Crippen LogP contribution in [-0.2, 0) is 23.8 Å². The molecule has 0 aliphatic rings. The summed E-state index contributed by atoms with van der Waals surface area (Å²) in [4.78, 5) is 35.3. The largest absolute Gasteiger partial charge is 0.454 e. The van der Waals surface area contributed by atoms with Crippen molar-refractivity contribution >= 4 is 18.5 Å². The maximum absolute atomic E-state index is 12.8. The van der Waals surface area contributed by atoms with Gasteiger partial charge in [0, 0.05) is 0 Å². The number of carbonyl (C=O) groups is 2. The van der Waals surface area contributed by atoms with Gasteiger partial charge in [0.05, 0.1) is 0 Å². The van der Waals surface area contributed by atoms with Crippen molar-refractivity contribution < 1.29 is 28.6 Å². The third-order valence-electron chi connectivity index (χ3n) is 3.72. The molecule has 2 aromatic rings. The maximum Gasteiger partial charge on any atom is 0.417 e. The monoisotopic (exact) mass is 398 g/mol. The minimum atomic E-state index is -1.25. The summed E-state index contributed by atoms with van der Waals surface area (Å²) >= 11 is 0. The second kappa shape index (κ2) is 10.3. The predicted octanol–water partition coefficient (Wildman–Crippen LogP) is 3.30. The van der Waals surface area contributed by atoms with Crippen LogP contribution in [0.2, 0.25) is 0 Å². The molecular weight excluding hydrogens is 374 g/mol. The van der Waals surface area contributed by atoms with Crippen molar-refractivity contribution in [3.63, 3.8) is 0 Å². The molecule has 29 heavy (non-hydrogen) atoms. The van der Waals surface area contributed by atoms with Crippen molar-refractivity contribution in [1.29, 1.82) is 0 Å². The van der Waals surface area contributed by atoms with Crippen molar-refractivity contribution in [2.75, 3.05) is 6.61 Å². The van der Waals surface area contributed by atoms with Crippen molar-refractivity contribution in [3.05, 3.63) is 71.8 Å². The number of nitrogens with one attached hydrogen (secondary N) is 1. The van der Waals surface area contributed by atoms with Gasteiger partial charge in [-0.05, 0) is 31.9 Å². The van der Waals surface area contributed by atoms with E-state index in [0.717, 1.165) is 11.1 Å². The van der Waals surface area contributed by atoms with Crippen LogP contribution in [0.25, 0.3) is 0 Å². The first-order valence-electron chi connectivity index (χ1n) is 9.09. The highest BCUT2D eigenvalue weighted by atomic mass is 16.6. The number of benzene rings is 2. The quantitative estimate of drug-likeness (QED) is 0.542. The lowest BCUT2D eigenvalue weighted by Crippen LogP contribution is -2.47. The zero-order valence-corrected chi connectivity index (χ0v) is 16.6. The predicted molar refractivity (Wildman–Crippen MR) is 106 cm³/mol. The Hall–Kier alpha value is -3.35. The summed E-state index contributed by atoms with van der Waals surface area (Å²) in [5.41, 5.74) is 0.754. The fourth-order valence-corrected chi connectivity index (χ4v) is 2.52. The summed E-state index contributed by atoms with van der Waals surface area (Å²) in [5, 5.41) is 2.38. The number of alkyl carbamates (subject to hydrolysis) is 1. The van der Waals surface area contributed by atoms with Crippen molar-refractivity contribution in [1.82, 2.24) is 5.32 Å². The third kappa shape index (κ3) is 7.29. The van der Waals surface area contributed by atoms with Gasteiger partial charge in [-0.3, -0.25) is 0 Å². The number of hydrogen-bond donors (Lipinski definition) is 1. The van der Waals surface area contributed by atoms with E-state index >= 15 is 0 Å². The molecule has 0 spiro atoms. The first-order valence-corrected chi connectivity index (χ1v) is 9.09. The van der Waals surface area contributed by atoms with Crippen LogP contribution >= 0.6 is 0 Å². The van der Waals surface area contributed by atoms with Crippen LogP contribution in [-0.4, -0.2) is 36.8 Å². The molecule has 0 fully saturated rings. The van der Waals surface area contributed by atoms with Crippen LogP contribution in [0.3, 0.4) is 0 Å². The zero-order valence-electron chi connectivity index (χ0n) is 16.6. The molecule has 1 radical (unpaired) electrons. The number of hydrogen-bond acceptors (Lipinski definition) is 6. The van der Waals surface area contributed by atoms with Crippen molar-refractivity contribution in [2.24, 2.45) is 0 Å². The Balaban J connectivity index is 2.21. The fourth-order valence-electron chi connectivity index (χ4n) is 2.52. The fraction of sp³-hybridized carbons (Fsp3) is 0.318. The van der Waals surface area contributed by atoms with Gasteiger partial charge in [0.1, 0.15) is 12.2 Å². The van der Waals surface area contributed by atoms with Crippen LogP contribution in [0, 0.1) is 0 Å². The molecule has 0 heterocycles. The second-order valence-corrected chi connectivity index (χ2v) is 7.23. The minimum absolute atomic E-state index is 0.433. The molecular formula is C22H24NO6. The van der Waals surface area contributed by atoms with Crippen LogP contribution in [0.4, 0.5) is 4.79 Å². The van der Waals surface area contributed by atoms with Gasteiger partial charge in [-0.15, -0.1) is 0 Å². The van der Waals surface area contributed by atoms with Gasteiger partial charge in [0.2, 0.25) is 0 Å². The smallest absolute Gasteiger partial charge is 0.417 e. The van der Waals surface area contributed by atoms with E-state index in [-0.39, 0.29) is 0 Å². The Kier molecular flexibility index (Phi) is 7.77. The molecule has 7 heteroatoms. The molecule has 0 aliphatic heterocycles. The summed E-state index contributed by atoms with van der Waals surface area (Å²) in [6, 6.07) is 17.1. The summed E-state index contributed by atoms with van der Waals surface area (Å²) in [7, 11) is 0. The van der Waals surface area contributed by atoms with E-state index in [1.54, 1.807) is 20.8 Å². The molecule has 1 N–H and O–H groups in total. The Labute approximate surface area is 170 Å². The molecule has 7 nitrogen and oxygen atoms in total. The molecule has 153 valence electrons. The lowest BCUT2D eigenvalue weighted by molar-refractivity contribution is -0.151. The molecule has 0 saturated heterocycles. The van der Waals surface area contributed by atoms with E-state index in [2.05, 4.69) is 10.1 Å². The average molecular weight is 398 g/mol. The van der Waals surface area contributed by atoms with Crippen LogP contribution in [0.15, 0.2) is 60.7 Å². The molecule has 1 amide bonds.